The van der Waals surface area contributed by atoms with E-state index in [1.54, 1.807) is 18.3 Å². The minimum atomic E-state index is -0.819. The Kier molecular flexibility index (Phi) is 4.18. The average Bonchev–Trinajstić information content (AvgIpc) is 2.28. The fraction of sp³-hybridized carbons (Fsp3) is 0.455. The van der Waals surface area contributed by atoms with Crippen LogP contribution in [0.2, 0.25) is 0 Å². The Bertz CT molecular complexity index is 361. The summed E-state index contributed by atoms with van der Waals surface area (Å²) in [7, 11) is 0. The van der Waals surface area contributed by atoms with Crippen LogP contribution in [-0.4, -0.2) is 21.8 Å². The summed E-state index contributed by atoms with van der Waals surface area (Å²) in [4.78, 5) is 15.2. The Hall–Kier alpha value is -1.23. The molecule has 0 amide bonds. The quantitative estimate of drug-likeness (QED) is 0.683. The molecule has 1 atom stereocenters. The van der Waals surface area contributed by atoms with Crippen molar-refractivity contribution < 1.29 is 9.90 Å². The monoisotopic (exact) mass is 240 g/mol. The fourth-order valence-corrected chi connectivity index (χ4v) is 1.99. The second-order valence-corrected chi connectivity index (χ2v) is 4.18. The molecule has 0 aliphatic carbocycles. The van der Waals surface area contributed by atoms with Crippen molar-refractivity contribution in [2.45, 2.75) is 19.8 Å². The number of nitrogen functional groups attached to an aromatic ring is 1. The molecule has 1 heterocycles. The number of carboxylic acid groups (broad SMARTS) is 1. The van der Waals surface area contributed by atoms with Crippen molar-refractivity contribution in [3.63, 3.8) is 0 Å². The summed E-state index contributed by atoms with van der Waals surface area (Å²) in [6, 6.07) is 3.48. The second-order valence-electron chi connectivity index (χ2n) is 3.87. The Morgan fingerprint density at radius 2 is 2.31 bits per heavy atom. The zero-order valence-corrected chi connectivity index (χ0v) is 10.1. The maximum Gasteiger partial charge on any atom is 0.310 e. The van der Waals surface area contributed by atoms with E-state index >= 15 is 0 Å². The van der Waals surface area contributed by atoms with Gasteiger partial charge in [-0.1, -0.05) is 13.0 Å². The summed E-state index contributed by atoms with van der Waals surface area (Å²) in [6.45, 7) is 1.86. The molecule has 5 heteroatoms. The minimum Gasteiger partial charge on any atom is -0.481 e. The molecule has 4 nitrogen and oxygen atoms in total. The van der Waals surface area contributed by atoms with Crippen molar-refractivity contribution in [1.82, 2.24) is 4.98 Å². The third-order valence-electron chi connectivity index (χ3n) is 2.82. The molecular formula is C11H16N2O2S. The predicted octanol–water partition coefficient (Wildman–Crippen LogP) is 1.62. The van der Waals surface area contributed by atoms with Gasteiger partial charge in [-0.15, -0.1) is 0 Å². The van der Waals surface area contributed by atoms with Crippen molar-refractivity contribution in [3.05, 3.63) is 23.9 Å². The zero-order valence-electron chi connectivity index (χ0n) is 9.18. The summed E-state index contributed by atoms with van der Waals surface area (Å²) in [5.74, 6) is -0.0719. The van der Waals surface area contributed by atoms with E-state index in [4.69, 9.17) is 5.73 Å². The fourth-order valence-electron chi connectivity index (χ4n) is 1.52. The number of thiol groups is 1. The van der Waals surface area contributed by atoms with Crippen LogP contribution in [0, 0.1) is 5.41 Å². The SMILES string of the molecule is CCC(CS)(Cc1ccc(N)nc1)C(=O)O. The van der Waals surface area contributed by atoms with Crippen LogP contribution >= 0.6 is 12.6 Å². The highest BCUT2D eigenvalue weighted by molar-refractivity contribution is 7.80. The van der Waals surface area contributed by atoms with Gasteiger partial charge in [-0.2, -0.15) is 12.6 Å². The molecule has 1 aromatic rings. The third kappa shape index (κ3) is 2.66. The van der Waals surface area contributed by atoms with Crippen LogP contribution in [0.5, 0.6) is 0 Å². The predicted molar refractivity (Wildman–Crippen MR) is 66.6 cm³/mol. The molecule has 0 aromatic carbocycles. The van der Waals surface area contributed by atoms with E-state index in [0.29, 0.717) is 24.4 Å². The highest BCUT2D eigenvalue weighted by Gasteiger charge is 2.35. The standard InChI is InChI=1S/C11H16N2O2S/c1-2-11(7-16,10(14)15)5-8-3-4-9(12)13-6-8/h3-4,6,16H,2,5,7H2,1H3,(H2,12,13)(H,14,15). The first-order valence-corrected chi connectivity index (χ1v) is 5.72. The molecular weight excluding hydrogens is 224 g/mol. The summed E-state index contributed by atoms with van der Waals surface area (Å²) in [5, 5.41) is 9.25. The largest absolute Gasteiger partial charge is 0.481 e. The number of anilines is 1. The van der Waals surface area contributed by atoms with Gasteiger partial charge in [0.05, 0.1) is 5.41 Å². The number of pyridine rings is 1. The molecule has 0 fully saturated rings. The normalized spacial score (nSPS) is 14.4. The van der Waals surface area contributed by atoms with E-state index in [9.17, 15) is 9.90 Å². The first kappa shape index (κ1) is 12.8. The van der Waals surface area contributed by atoms with Crippen molar-refractivity contribution in [1.29, 1.82) is 0 Å². The summed E-state index contributed by atoms with van der Waals surface area (Å²) >= 11 is 4.15. The smallest absolute Gasteiger partial charge is 0.310 e. The van der Waals surface area contributed by atoms with E-state index in [0.717, 1.165) is 5.56 Å². The van der Waals surface area contributed by atoms with Crippen LogP contribution in [-0.2, 0) is 11.2 Å². The molecule has 1 rings (SSSR count). The number of aromatic nitrogens is 1. The van der Waals surface area contributed by atoms with Crippen molar-refractivity contribution >= 4 is 24.4 Å². The maximum absolute atomic E-state index is 11.3. The van der Waals surface area contributed by atoms with Gasteiger partial charge in [-0.3, -0.25) is 4.79 Å². The zero-order chi connectivity index (χ0) is 12.2. The highest BCUT2D eigenvalue weighted by Crippen LogP contribution is 2.29. The van der Waals surface area contributed by atoms with Gasteiger partial charge in [0.1, 0.15) is 5.82 Å². The average molecular weight is 240 g/mol. The van der Waals surface area contributed by atoms with Gasteiger partial charge in [0.15, 0.2) is 0 Å². The minimum absolute atomic E-state index is 0.309. The van der Waals surface area contributed by atoms with E-state index in [-0.39, 0.29) is 0 Å². The van der Waals surface area contributed by atoms with Gasteiger partial charge in [-0.25, -0.2) is 4.98 Å². The molecule has 1 aromatic heterocycles. The lowest BCUT2D eigenvalue weighted by Crippen LogP contribution is -2.34. The van der Waals surface area contributed by atoms with Crippen LogP contribution in [0.4, 0.5) is 5.82 Å². The van der Waals surface area contributed by atoms with Crippen LogP contribution in [0.25, 0.3) is 0 Å². The van der Waals surface area contributed by atoms with Gasteiger partial charge >= 0.3 is 5.97 Å². The molecule has 0 saturated heterocycles. The number of carboxylic acids is 1. The van der Waals surface area contributed by atoms with Crippen LogP contribution in [0.3, 0.4) is 0 Å². The number of rotatable bonds is 5. The summed E-state index contributed by atoms with van der Waals surface area (Å²) in [6.07, 6.45) is 2.58. The van der Waals surface area contributed by atoms with Crippen LogP contribution in [0.15, 0.2) is 18.3 Å². The van der Waals surface area contributed by atoms with Crippen LogP contribution in [0.1, 0.15) is 18.9 Å². The molecule has 0 aliphatic rings. The highest BCUT2D eigenvalue weighted by atomic mass is 32.1. The van der Waals surface area contributed by atoms with E-state index in [1.165, 1.54) is 0 Å². The molecule has 0 radical (unpaired) electrons. The van der Waals surface area contributed by atoms with Crippen molar-refractivity contribution in [2.24, 2.45) is 5.41 Å². The van der Waals surface area contributed by atoms with Crippen LogP contribution < -0.4 is 5.73 Å². The van der Waals surface area contributed by atoms with Gasteiger partial charge in [0.25, 0.3) is 0 Å². The number of hydrogen-bond donors (Lipinski definition) is 3. The number of nitrogens with two attached hydrogens (primary N) is 1. The number of carbonyl (C=O) groups is 1. The lowest BCUT2D eigenvalue weighted by Gasteiger charge is -2.25. The Morgan fingerprint density at radius 3 is 2.69 bits per heavy atom. The molecule has 88 valence electrons. The first-order valence-electron chi connectivity index (χ1n) is 5.09. The Morgan fingerprint density at radius 1 is 1.62 bits per heavy atom. The van der Waals surface area contributed by atoms with E-state index < -0.39 is 11.4 Å². The van der Waals surface area contributed by atoms with Gasteiger partial charge in [-0.05, 0) is 24.5 Å². The Labute approximate surface area is 100 Å². The van der Waals surface area contributed by atoms with Gasteiger partial charge in [0.2, 0.25) is 0 Å². The molecule has 1 unspecified atom stereocenters. The molecule has 0 spiro atoms. The number of aliphatic carboxylic acids is 1. The topological polar surface area (TPSA) is 76.2 Å². The van der Waals surface area contributed by atoms with Gasteiger partial charge in [0, 0.05) is 11.9 Å². The van der Waals surface area contributed by atoms with Gasteiger partial charge < -0.3 is 10.8 Å². The lowest BCUT2D eigenvalue weighted by atomic mass is 9.81. The Balaban J connectivity index is 2.91. The lowest BCUT2D eigenvalue weighted by molar-refractivity contribution is -0.147. The molecule has 16 heavy (non-hydrogen) atoms. The molecule has 0 bridgehead atoms. The van der Waals surface area contributed by atoms with E-state index in [1.807, 2.05) is 6.92 Å². The molecule has 0 saturated carbocycles. The summed E-state index contributed by atoms with van der Waals surface area (Å²) in [5.41, 5.74) is 5.52. The van der Waals surface area contributed by atoms with Crippen molar-refractivity contribution in [2.75, 3.05) is 11.5 Å². The number of hydrogen-bond acceptors (Lipinski definition) is 4. The molecule has 0 aliphatic heterocycles. The van der Waals surface area contributed by atoms with Crippen molar-refractivity contribution in [3.8, 4) is 0 Å². The second kappa shape index (κ2) is 5.21. The number of nitrogens with zero attached hydrogens (tertiary/aromatic N) is 1. The molecule has 3 N–H and O–H groups in total. The van der Waals surface area contributed by atoms with E-state index in [2.05, 4.69) is 17.6 Å². The first-order chi connectivity index (χ1) is 7.54. The third-order valence-corrected chi connectivity index (χ3v) is 3.43. The summed E-state index contributed by atoms with van der Waals surface area (Å²) < 4.78 is 0. The maximum atomic E-state index is 11.3.